The van der Waals surface area contributed by atoms with Gasteiger partial charge < -0.3 is 11.1 Å². The Balaban J connectivity index is 2.75. The largest absolute Gasteiger partial charge is 0.323 e. The second kappa shape index (κ2) is 5.99. The van der Waals surface area contributed by atoms with Gasteiger partial charge in [0.1, 0.15) is 0 Å². The molecule has 0 fully saturated rings. The van der Waals surface area contributed by atoms with Gasteiger partial charge in [-0.1, -0.05) is 13.8 Å². The summed E-state index contributed by atoms with van der Waals surface area (Å²) >= 11 is 5.19. The Kier molecular flexibility index (Phi) is 5.26. The number of nitrogens with one attached hydrogen (secondary N) is 1. The van der Waals surface area contributed by atoms with Crippen molar-refractivity contribution < 1.29 is 0 Å². The van der Waals surface area contributed by atoms with Gasteiger partial charge in [-0.05, 0) is 47.4 Å². The highest BCUT2D eigenvalue weighted by molar-refractivity contribution is 9.10. The standard InChI is InChI=1S/C11H19BrN2S/c1-7(2)9(5-14-3)11(13)10-4-8(12)6-15-10/h4,6-7,9,11,14H,5,13H2,1-3H3. The molecular formula is C11H19BrN2S. The quantitative estimate of drug-likeness (QED) is 0.875. The molecule has 2 nitrogen and oxygen atoms in total. The van der Waals surface area contributed by atoms with E-state index in [1.807, 2.05) is 7.05 Å². The van der Waals surface area contributed by atoms with Crippen molar-refractivity contribution in [1.29, 1.82) is 0 Å². The molecule has 1 rings (SSSR count). The van der Waals surface area contributed by atoms with Gasteiger partial charge in [-0.2, -0.15) is 0 Å². The lowest BCUT2D eigenvalue weighted by Gasteiger charge is -2.26. The molecule has 2 unspecified atom stereocenters. The molecule has 1 aromatic rings. The van der Waals surface area contributed by atoms with E-state index in [1.54, 1.807) is 11.3 Å². The van der Waals surface area contributed by atoms with Gasteiger partial charge in [-0.3, -0.25) is 0 Å². The van der Waals surface area contributed by atoms with E-state index < -0.39 is 0 Å². The third-order valence-electron chi connectivity index (χ3n) is 2.67. The predicted molar refractivity (Wildman–Crippen MR) is 71.2 cm³/mol. The van der Waals surface area contributed by atoms with Crippen molar-refractivity contribution in [3.05, 3.63) is 20.8 Å². The molecule has 0 saturated carbocycles. The molecule has 1 heterocycles. The first-order valence-corrected chi connectivity index (χ1v) is 6.87. The molecule has 0 amide bonds. The Bertz CT molecular complexity index is 299. The average molecular weight is 291 g/mol. The molecule has 0 aliphatic rings. The number of rotatable bonds is 5. The van der Waals surface area contributed by atoms with Crippen molar-refractivity contribution in [2.75, 3.05) is 13.6 Å². The van der Waals surface area contributed by atoms with Crippen molar-refractivity contribution >= 4 is 27.3 Å². The maximum Gasteiger partial charge on any atom is 0.0433 e. The Hall–Kier alpha value is 0.1000. The van der Waals surface area contributed by atoms with Crippen molar-refractivity contribution in [2.45, 2.75) is 19.9 Å². The molecule has 0 saturated heterocycles. The van der Waals surface area contributed by atoms with Crippen LogP contribution in [0.2, 0.25) is 0 Å². The van der Waals surface area contributed by atoms with E-state index in [2.05, 4.69) is 46.5 Å². The second-order valence-electron chi connectivity index (χ2n) is 4.16. The van der Waals surface area contributed by atoms with Crippen LogP contribution in [0.4, 0.5) is 0 Å². The first-order valence-electron chi connectivity index (χ1n) is 5.20. The fourth-order valence-corrected chi connectivity index (χ4v) is 3.25. The molecule has 0 radical (unpaired) electrons. The minimum absolute atomic E-state index is 0.133. The van der Waals surface area contributed by atoms with Crippen LogP contribution in [0.1, 0.15) is 24.8 Å². The first kappa shape index (κ1) is 13.2. The van der Waals surface area contributed by atoms with Crippen LogP contribution in [0.5, 0.6) is 0 Å². The van der Waals surface area contributed by atoms with Crippen LogP contribution in [0.25, 0.3) is 0 Å². The first-order chi connectivity index (χ1) is 7.06. The van der Waals surface area contributed by atoms with Crippen molar-refractivity contribution in [1.82, 2.24) is 5.32 Å². The van der Waals surface area contributed by atoms with E-state index in [0.717, 1.165) is 11.0 Å². The third-order valence-corrected chi connectivity index (χ3v) is 4.47. The van der Waals surface area contributed by atoms with E-state index in [-0.39, 0.29) is 6.04 Å². The van der Waals surface area contributed by atoms with Gasteiger partial charge in [0.05, 0.1) is 0 Å². The lowest BCUT2D eigenvalue weighted by atomic mass is 9.88. The highest BCUT2D eigenvalue weighted by Crippen LogP contribution is 2.31. The van der Waals surface area contributed by atoms with Crippen LogP contribution in [-0.2, 0) is 0 Å². The third kappa shape index (κ3) is 3.55. The van der Waals surface area contributed by atoms with Crippen LogP contribution in [0.3, 0.4) is 0 Å². The minimum atomic E-state index is 0.133. The van der Waals surface area contributed by atoms with E-state index in [1.165, 1.54) is 4.88 Å². The van der Waals surface area contributed by atoms with E-state index in [9.17, 15) is 0 Å². The molecule has 86 valence electrons. The zero-order valence-corrected chi connectivity index (χ0v) is 11.9. The smallest absolute Gasteiger partial charge is 0.0433 e. The van der Waals surface area contributed by atoms with Crippen molar-refractivity contribution in [2.24, 2.45) is 17.6 Å². The van der Waals surface area contributed by atoms with Gasteiger partial charge >= 0.3 is 0 Å². The molecule has 0 spiro atoms. The lowest BCUT2D eigenvalue weighted by Crippen LogP contribution is -2.32. The number of hydrogen-bond acceptors (Lipinski definition) is 3. The van der Waals surface area contributed by atoms with E-state index in [0.29, 0.717) is 11.8 Å². The summed E-state index contributed by atoms with van der Waals surface area (Å²) in [4.78, 5) is 1.26. The maximum absolute atomic E-state index is 6.29. The Morgan fingerprint density at radius 3 is 2.60 bits per heavy atom. The molecule has 4 heteroatoms. The van der Waals surface area contributed by atoms with E-state index >= 15 is 0 Å². The Morgan fingerprint density at radius 1 is 1.53 bits per heavy atom. The fraction of sp³-hybridized carbons (Fsp3) is 0.636. The van der Waals surface area contributed by atoms with Crippen LogP contribution in [0, 0.1) is 11.8 Å². The summed E-state index contributed by atoms with van der Waals surface area (Å²) in [6.45, 7) is 5.42. The number of hydrogen-bond donors (Lipinski definition) is 2. The number of halogens is 1. The Morgan fingerprint density at radius 2 is 2.20 bits per heavy atom. The summed E-state index contributed by atoms with van der Waals surface area (Å²) in [6, 6.07) is 2.26. The monoisotopic (exact) mass is 290 g/mol. The molecule has 0 bridgehead atoms. The zero-order valence-electron chi connectivity index (χ0n) is 9.46. The van der Waals surface area contributed by atoms with Gasteiger partial charge in [0.2, 0.25) is 0 Å². The maximum atomic E-state index is 6.29. The molecule has 0 aliphatic carbocycles. The molecule has 3 N–H and O–H groups in total. The van der Waals surface area contributed by atoms with E-state index in [4.69, 9.17) is 5.73 Å². The van der Waals surface area contributed by atoms with Crippen molar-refractivity contribution in [3.8, 4) is 0 Å². The average Bonchev–Trinajstić information content (AvgIpc) is 2.59. The molecule has 0 aromatic carbocycles. The van der Waals surface area contributed by atoms with Crippen molar-refractivity contribution in [3.63, 3.8) is 0 Å². The van der Waals surface area contributed by atoms with Gasteiger partial charge in [-0.25, -0.2) is 0 Å². The zero-order chi connectivity index (χ0) is 11.4. The summed E-state index contributed by atoms with van der Waals surface area (Å²) < 4.78 is 1.13. The van der Waals surface area contributed by atoms with Crippen LogP contribution in [0.15, 0.2) is 15.9 Å². The van der Waals surface area contributed by atoms with Gasteiger partial charge in [-0.15, -0.1) is 11.3 Å². The summed E-state index contributed by atoms with van der Waals surface area (Å²) in [5.41, 5.74) is 6.29. The summed E-state index contributed by atoms with van der Waals surface area (Å²) in [7, 11) is 1.98. The minimum Gasteiger partial charge on any atom is -0.323 e. The summed E-state index contributed by atoms with van der Waals surface area (Å²) in [5.74, 6) is 1.08. The Labute approximate surface area is 104 Å². The molecule has 2 atom stereocenters. The lowest BCUT2D eigenvalue weighted by molar-refractivity contribution is 0.317. The summed E-state index contributed by atoms with van der Waals surface area (Å²) in [5, 5.41) is 5.31. The summed E-state index contributed by atoms with van der Waals surface area (Å²) in [6.07, 6.45) is 0. The normalized spacial score (nSPS) is 15.6. The van der Waals surface area contributed by atoms with Crippen LogP contribution in [-0.4, -0.2) is 13.6 Å². The molecular weight excluding hydrogens is 272 g/mol. The SMILES string of the molecule is CNCC(C(C)C)C(N)c1cc(Br)cs1. The fourth-order valence-electron chi connectivity index (χ4n) is 1.73. The number of nitrogens with two attached hydrogens (primary N) is 1. The number of thiophene rings is 1. The van der Waals surface area contributed by atoms with Gasteiger partial charge in [0, 0.05) is 20.8 Å². The van der Waals surface area contributed by atoms with Crippen LogP contribution >= 0.6 is 27.3 Å². The van der Waals surface area contributed by atoms with Gasteiger partial charge in [0.15, 0.2) is 0 Å². The highest BCUT2D eigenvalue weighted by Gasteiger charge is 2.23. The molecule has 1 aromatic heterocycles. The predicted octanol–water partition coefficient (Wildman–Crippen LogP) is 3.00. The second-order valence-corrected chi connectivity index (χ2v) is 6.02. The topological polar surface area (TPSA) is 38.0 Å². The highest BCUT2D eigenvalue weighted by atomic mass is 79.9. The van der Waals surface area contributed by atoms with Gasteiger partial charge in [0.25, 0.3) is 0 Å². The van der Waals surface area contributed by atoms with Crippen LogP contribution < -0.4 is 11.1 Å². The molecule has 0 aliphatic heterocycles. The molecule has 15 heavy (non-hydrogen) atoms.